The maximum absolute atomic E-state index is 12.6. The molecule has 0 saturated carbocycles. The first-order valence-electron chi connectivity index (χ1n) is 6.23. The van der Waals surface area contributed by atoms with Gasteiger partial charge in [0.1, 0.15) is 0 Å². The Morgan fingerprint density at radius 2 is 1.73 bits per heavy atom. The van der Waals surface area contributed by atoms with Crippen molar-refractivity contribution in [3.63, 3.8) is 0 Å². The van der Waals surface area contributed by atoms with Crippen LogP contribution < -0.4 is 11.1 Å². The number of guanidine groups is 1. The van der Waals surface area contributed by atoms with Crippen molar-refractivity contribution in [3.05, 3.63) is 65.7 Å². The molecule has 118 valence electrons. The van der Waals surface area contributed by atoms with Gasteiger partial charge < -0.3 is 11.1 Å². The van der Waals surface area contributed by atoms with Crippen LogP contribution in [-0.2, 0) is 12.7 Å². The summed E-state index contributed by atoms with van der Waals surface area (Å²) in [4.78, 5) is 4.03. The summed E-state index contributed by atoms with van der Waals surface area (Å²) in [7, 11) is 0. The highest BCUT2D eigenvalue weighted by Gasteiger charge is 2.30. The van der Waals surface area contributed by atoms with E-state index in [4.69, 9.17) is 5.73 Å². The second-order valence-corrected chi connectivity index (χ2v) is 4.39. The Labute approximate surface area is 143 Å². The Morgan fingerprint density at radius 1 is 1.05 bits per heavy atom. The molecule has 22 heavy (non-hydrogen) atoms. The maximum atomic E-state index is 12.6. The quantitative estimate of drug-likeness (QED) is 0.443. The van der Waals surface area contributed by atoms with Crippen molar-refractivity contribution in [2.45, 2.75) is 12.7 Å². The lowest BCUT2D eigenvalue weighted by Crippen LogP contribution is -2.22. The van der Waals surface area contributed by atoms with Crippen LogP contribution in [0.4, 0.5) is 18.9 Å². The average Bonchev–Trinajstić information content (AvgIpc) is 2.46. The number of para-hydroxylation sites is 1. The van der Waals surface area contributed by atoms with Gasteiger partial charge in [-0.3, -0.25) is 0 Å². The highest BCUT2D eigenvalue weighted by Crippen LogP contribution is 2.29. The number of hydrogen-bond donors (Lipinski definition) is 2. The first kappa shape index (κ1) is 18.3. The highest BCUT2D eigenvalue weighted by atomic mass is 127. The molecule has 3 N–H and O–H groups in total. The van der Waals surface area contributed by atoms with Gasteiger partial charge in [0.2, 0.25) is 0 Å². The molecule has 0 saturated heterocycles. The van der Waals surface area contributed by atoms with Crippen LogP contribution in [0.1, 0.15) is 11.1 Å². The van der Waals surface area contributed by atoms with E-state index in [1.165, 1.54) is 6.07 Å². The first-order chi connectivity index (χ1) is 9.95. The van der Waals surface area contributed by atoms with Crippen molar-refractivity contribution in [1.29, 1.82) is 0 Å². The van der Waals surface area contributed by atoms with E-state index < -0.39 is 11.7 Å². The molecule has 2 rings (SSSR count). The van der Waals surface area contributed by atoms with Crippen LogP contribution in [0.15, 0.2) is 59.6 Å². The summed E-state index contributed by atoms with van der Waals surface area (Å²) in [6.07, 6.45) is -4.35. The number of halogens is 4. The molecule has 0 radical (unpaired) electrons. The normalized spacial score (nSPS) is 11.7. The van der Waals surface area contributed by atoms with Gasteiger partial charge in [-0.05, 0) is 29.8 Å². The molecule has 0 amide bonds. The summed E-state index contributed by atoms with van der Waals surface area (Å²) in [6.45, 7) is 0.0790. The average molecular weight is 421 g/mol. The number of alkyl halides is 3. The molecule has 0 aliphatic rings. The van der Waals surface area contributed by atoms with Crippen molar-refractivity contribution in [2.24, 2.45) is 10.7 Å². The lowest BCUT2D eigenvalue weighted by Gasteiger charge is -2.08. The maximum Gasteiger partial charge on any atom is 0.416 e. The number of nitrogens with zero attached hydrogens (tertiary/aromatic N) is 1. The molecule has 2 aromatic rings. The molecule has 0 bridgehead atoms. The molecule has 0 fully saturated rings. The number of hydrogen-bond acceptors (Lipinski definition) is 1. The Kier molecular flexibility index (Phi) is 6.66. The van der Waals surface area contributed by atoms with Gasteiger partial charge in [0.05, 0.1) is 12.1 Å². The SMILES string of the molecule is I.NC(=NCc1cccc(C(F)(F)F)c1)Nc1ccccc1. The van der Waals surface area contributed by atoms with Crippen LogP contribution in [0.5, 0.6) is 0 Å². The van der Waals surface area contributed by atoms with Crippen LogP contribution in [0.3, 0.4) is 0 Å². The van der Waals surface area contributed by atoms with Gasteiger partial charge in [0.15, 0.2) is 5.96 Å². The zero-order valence-corrected chi connectivity index (χ0v) is 13.8. The van der Waals surface area contributed by atoms with Crippen molar-refractivity contribution in [2.75, 3.05) is 5.32 Å². The molecule has 0 aliphatic carbocycles. The first-order valence-corrected chi connectivity index (χ1v) is 6.23. The van der Waals surface area contributed by atoms with Gasteiger partial charge in [0, 0.05) is 5.69 Å². The van der Waals surface area contributed by atoms with Gasteiger partial charge >= 0.3 is 6.18 Å². The second kappa shape index (κ2) is 8.02. The lowest BCUT2D eigenvalue weighted by molar-refractivity contribution is -0.137. The van der Waals surface area contributed by atoms with Crippen molar-refractivity contribution >= 4 is 35.6 Å². The summed E-state index contributed by atoms with van der Waals surface area (Å²) >= 11 is 0. The molecular formula is C15H15F3IN3. The summed E-state index contributed by atoms with van der Waals surface area (Å²) in [5.74, 6) is 0.151. The topological polar surface area (TPSA) is 50.4 Å². The minimum Gasteiger partial charge on any atom is -0.370 e. The fraction of sp³-hybridized carbons (Fsp3) is 0.133. The molecule has 0 spiro atoms. The van der Waals surface area contributed by atoms with Gasteiger partial charge in [-0.25, -0.2) is 4.99 Å². The summed E-state index contributed by atoms with van der Waals surface area (Å²) in [5, 5.41) is 2.86. The molecular weight excluding hydrogens is 406 g/mol. The van der Waals surface area contributed by atoms with Crippen LogP contribution in [0.25, 0.3) is 0 Å². The highest BCUT2D eigenvalue weighted by molar-refractivity contribution is 14.0. The van der Waals surface area contributed by atoms with Gasteiger partial charge in [0.25, 0.3) is 0 Å². The molecule has 3 nitrogen and oxygen atoms in total. The third-order valence-electron chi connectivity index (χ3n) is 2.73. The Bertz CT molecular complexity index is 627. The summed E-state index contributed by atoms with van der Waals surface area (Å²) in [5.41, 5.74) is 6.22. The fourth-order valence-corrected chi connectivity index (χ4v) is 1.73. The molecule has 7 heteroatoms. The Balaban J connectivity index is 0.00000242. The number of benzene rings is 2. The minimum absolute atomic E-state index is 0. The Hall–Kier alpha value is -1.77. The van der Waals surface area contributed by atoms with E-state index in [0.717, 1.165) is 17.8 Å². The lowest BCUT2D eigenvalue weighted by atomic mass is 10.1. The molecule has 0 unspecified atom stereocenters. The van der Waals surface area contributed by atoms with Crippen LogP contribution in [-0.4, -0.2) is 5.96 Å². The van der Waals surface area contributed by atoms with Gasteiger partial charge in [-0.1, -0.05) is 30.3 Å². The standard InChI is InChI=1S/C15H14F3N3.HI/c16-15(17,18)12-6-4-5-11(9-12)10-20-14(19)21-13-7-2-1-3-8-13;/h1-9H,10H2,(H3,19,20,21);1H. The largest absolute Gasteiger partial charge is 0.416 e. The van der Waals surface area contributed by atoms with E-state index in [1.54, 1.807) is 6.07 Å². The minimum atomic E-state index is -4.35. The van der Waals surface area contributed by atoms with E-state index in [1.807, 2.05) is 30.3 Å². The van der Waals surface area contributed by atoms with E-state index in [2.05, 4.69) is 10.3 Å². The zero-order valence-electron chi connectivity index (χ0n) is 11.5. The van der Waals surface area contributed by atoms with Crippen molar-refractivity contribution in [1.82, 2.24) is 0 Å². The number of nitrogens with one attached hydrogen (secondary N) is 1. The van der Waals surface area contributed by atoms with Gasteiger partial charge in [-0.2, -0.15) is 13.2 Å². The van der Waals surface area contributed by atoms with E-state index >= 15 is 0 Å². The monoisotopic (exact) mass is 421 g/mol. The number of rotatable bonds is 3. The van der Waals surface area contributed by atoms with E-state index in [0.29, 0.717) is 5.56 Å². The number of anilines is 1. The molecule has 0 heterocycles. The van der Waals surface area contributed by atoms with E-state index in [9.17, 15) is 13.2 Å². The predicted molar refractivity (Wildman–Crippen MR) is 92.3 cm³/mol. The third-order valence-corrected chi connectivity index (χ3v) is 2.73. The zero-order chi connectivity index (χ0) is 15.3. The number of nitrogens with two attached hydrogens (primary N) is 1. The van der Waals surface area contributed by atoms with Crippen LogP contribution >= 0.6 is 24.0 Å². The smallest absolute Gasteiger partial charge is 0.370 e. The molecule has 0 aliphatic heterocycles. The van der Waals surface area contributed by atoms with E-state index in [-0.39, 0.29) is 36.5 Å². The summed E-state index contributed by atoms with van der Waals surface area (Å²) < 4.78 is 37.7. The van der Waals surface area contributed by atoms with Crippen molar-refractivity contribution in [3.8, 4) is 0 Å². The van der Waals surface area contributed by atoms with Gasteiger partial charge in [-0.15, -0.1) is 24.0 Å². The number of aliphatic imine (C=N–C) groups is 1. The third kappa shape index (κ3) is 5.55. The molecule has 0 aromatic heterocycles. The summed E-state index contributed by atoms with van der Waals surface area (Å²) in [6, 6.07) is 14.2. The molecule has 2 aromatic carbocycles. The van der Waals surface area contributed by atoms with Crippen molar-refractivity contribution < 1.29 is 13.2 Å². The van der Waals surface area contributed by atoms with Crippen LogP contribution in [0, 0.1) is 0 Å². The Morgan fingerprint density at radius 3 is 2.36 bits per heavy atom. The second-order valence-electron chi connectivity index (χ2n) is 4.39. The fourth-order valence-electron chi connectivity index (χ4n) is 1.73. The molecule has 0 atom stereocenters. The van der Waals surface area contributed by atoms with Crippen LogP contribution in [0.2, 0.25) is 0 Å². The predicted octanol–water partition coefficient (Wildman–Crippen LogP) is 4.25.